The summed E-state index contributed by atoms with van der Waals surface area (Å²) in [5, 5.41) is 5.80. The summed E-state index contributed by atoms with van der Waals surface area (Å²) in [5.41, 5.74) is 7.58. The van der Waals surface area contributed by atoms with Gasteiger partial charge in [0.15, 0.2) is 34.3 Å². The molecule has 0 fully saturated rings. The van der Waals surface area contributed by atoms with E-state index in [4.69, 9.17) is 15.2 Å². The second-order valence-electron chi connectivity index (χ2n) is 6.06. The lowest BCUT2D eigenvalue weighted by Gasteiger charge is -2.12. The van der Waals surface area contributed by atoms with Gasteiger partial charge in [0.2, 0.25) is 0 Å². The zero-order chi connectivity index (χ0) is 20.6. The molecule has 0 unspecified atom stereocenters. The number of rotatable bonds is 9. The first kappa shape index (κ1) is 20.4. The van der Waals surface area contributed by atoms with E-state index in [1.807, 2.05) is 30.3 Å². The third kappa shape index (κ3) is 4.92. The Morgan fingerprint density at radius 2 is 1.72 bits per heavy atom. The molecule has 0 aliphatic rings. The van der Waals surface area contributed by atoms with Gasteiger partial charge in [-0.3, -0.25) is 4.79 Å². The molecule has 3 rings (SSSR count). The van der Waals surface area contributed by atoms with Crippen molar-refractivity contribution in [3.8, 4) is 11.4 Å². The number of carbonyl (C=O) groups is 1. The van der Waals surface area contributed by atoms with Gasteiger partial charge in [0.1, 0.15) is 0 Å². The van der Waals surface area contributed by atoms with Gasteiger partial charge in [-0.1, -0.05) is 30.3 Å². The number of nitrogens with one attached hydrogen (secondary N) is 2. The Hall–Kier alpha value is -3.37. The molecule has 1 amide bonds. The van der Waals surface area contributed by atoms with Gasteiger partial charge in [-0.15, -0.1) is 0 Å². The lowest BCUT2D eigenvalue weighted by Crippen LogP contribution is -2.29. The number of nitrogen functional groups attached to an aromatic ring is 1. The number of methoxy groups -OCH3 is 2. The van der Waals surface area contributed by atoms with E-state index in [1.165, 1.54) is 0 Å². The van der Waals surface area contributed by atoms with Crippen LogP contribution < -0.4 is 16.4 Å². The van der Waals surface area contributed by atoms with Crippen molar-refractivity contribution in [2.75, 3.05) is 51.6 Å². The summed E-state index contributed by atoms with van der Waals surface area (Å²) in [6, 6.07) is 9.43. The zero-order valence-electron chi connectivity index (χ0n) is 16.3. The van der Waals surface area contributed by atoms with Crippen LogP contribution in [0.15, 0.2) is 30.3 Å². The van der Waals surface area contributed by atoms with Crippen molar-refractivity contribution in [1.82, 2.24) is 25.3 Å². The number of carbonyl (C=O) groups excluding carboxylic acids is 1. The van der Waals surface area contributed by atoms with E-state index in [0.29, 0.717) is 43.6 Å². The van der Waals surface area contributed by atoms with Crippen molar-refractivity contribution in [3.63, 3.8) is 0 Å². The predicted octanol–water partition coefficient (Wildman–Crippen LogP) is 1.10. The lowest BCUT2D eigenvalue weighted by molar-refractivity contribution is 0.0933. The van der Waals surface area contributed by atoms with Gasteiger partial charge < -0.3 is 25.8 Å². The van der Waals surface area contributed by atoms with E-state index in [9.17, 15) is 4.79 Å². The van der Waals surface area contributed by atoms with E-state index >= 15 is 0 Å². The summed E-state index contributed by atoms with van der Waals surface area (Å²) in [5.74, 6) is 0.477. The zero-order valence-corrected chi connectivity index (χ0v) is 16.3. The van der Waals surface area contributed by atoms with Crippen molar-refractivity contribution in [2.45, 2.75) is 0 Å². The first-order chi connectivity index (χ1) is 14.1. The van der Waals surface area contributed by atoms with Gasteiger partial charge in [-0.25, -0.2) is 19.9 Å². The number of nitrogens with zero attached hydrogens (tertiary/aromatic N) is 4. The second kappa shape index (κ2) is 9.71. The molecule has 10 heteroatoms. The number of aromatic nitrogens is 4. The van der Waals surface area contributed by atoms with Crippen LogP contribution in [0.3, 0.4) is 0 Å². The Kier molecular flexibility index (Phi) is 6.82. The summed E-state index contributed by atoms with van der Waals surface area (Å²) in [4.78, 5) is 30.3. The predicted molar refractivity (Wildman–Crippen MR) is 110 cm³/mol. The fourth-order valence-electron chi connectivity index (χ4n) is 2.59. The number of amides is 1. The average Bonchev–Trinajstić information content (AvgIpc) is 2.74. The van der Waals surface area contributed by atoms with Crippen LogP contribution in [0, 0.1) is 0 Å². The van der Waals surface area contributed by atoms with E-state index in [1.54, 1.807) is 14.2 Å². The molecule has 29 heavy (non-hydrogen) atoms. The van der Waals surface area contributed by atoms with Crippen molar-refractivity contribution in [3.05, 3.63) is 36.0 Å². The topological polar surface area (TPSA) is 137 Å². The maximum absolute atomic E-state index is 12.6. The highest BCUT2D eigenvalue weighted by Crippen LogP contribution is 2.23. The highest BCUT2D eigenvalue weighted by molar-refractivity contribution is 5.99. The van der Waals surface area contributed by atoms with E-state index in [2.05, 4.69) is 30.6 Å². The number of fused-ring (bicyclic) bond motifs is 1. The molecule has 2 aromatic heterocycles. The number of hydrogen-bond acceptors (Lipinski definition) is 9. The molecule has 0 aliphatic heterocycles. The Morgan fingerprint density at radius 1 is 1.00 bits per heavy atom. The molecule has 0 bridgehead atoms. The molecular formula is C19H23N7O3. The molecule has 0 aliphatic carbocycles. The largest absolute Gasteiger partial charge is 0.383 e. The van der Waals surface area contributed by atoms with E-state index in [0.717, 1.165) is 5.56 Å². The minimum absolute atomic E-state index is 0.104. The van der Waals surface area contributed by atoms with Gasteiger partial charge in [0, 0.05) is 32.9 Å². The maximum Gasteiger partial charge on any atom is 0.273 e. The number of benzene rings is 1. The van der Waals surface area contributed by atoms with Crippen LogP contribution in [-0.4, -0.2) is 66.4 Å². The Morgan fingerprint density at radius 3 is 2.45 bits per heavy atom. The number of hydrogen-bond donors (Lipinski definition) is 3. The normalized spacial score (nSPS) is 10.8. The molecule has 2 heterocycles. The highest BCUT2D eigenvalue weighted by atomic mass is 16.5. The average molecular weight is 397 g/mol. The van der Waals surface area contributed by atoms with Gasteiger partial charge in [0.05, 0.1) is 13.2 Å². The number of ether oxygens (including phenoxy) is 2. The summed E-state index contributed by atoms with van der Waals surface area (Å²) >= 11 is 0. The first-order valence-corrected chi connectivity index (χ1v) is 9.04. The molecule has 4 N–H and O–H groups in total. The monoisotopic (exact) mass is 397 g/mol. The van der Waals surface area contributed by atoms with Gasteiger partial charge in [-0.05, 0) is 0 Å². The minimum atomic E-state index is -0.400. The molecule has 10 nitrogen and oxygen atoms in total. The van der Waals surface area contributed by atoms with Crippen LogP contribution in [-0.2, 0) is 9.47 Å². The van der Waals surface area contributed by atoms with Crippen LogP contribution in [0.25, 0.3) is 22.6 Å². The first-order valence-electron chi connectivity index (χ1n) is 9.04. The smallest absolute Gasteiger partial charge is 0.273 e. The van der Waals surface area contributed by atoms with Crippen molar-refractivity contribution in [1.29, 1.82) is 0 Å². The van der Waals surface area contributed by atoms with Crippen molar-refractivity contribution < 1.29 is 14.3 Å². The molecule has 0 radical (unpaired) electrons. The molecule has 0 spiro atoms. The second-order valence-corrected chi connectivity index (χ2v) is 6.06. The summed E-state index contributed by atoms with van der Waals surface area (Å²) in [6.07, 6.45) is 0. The molecule has 152 valence electrons. The van der Waals surface area contributed by atoms with Crippen molar-refractivity contribution in [2.24, 2.45) is 0 Å². The standard InChI is InChI=1S/C19H23N7O3/c1-28-10-8-21-17-14(19(27)22-9-11-29-2)23-13-15(20)24-16(25-18(13)26-17)12-6-4-3-5-7-12/h3-7H,8-11H2,1-2H3,(H,22,27)(H3,20,21,24,25,26). The Balaban J connectivity index is 2.03. The van der Waals surface area contributed by atoms with Crippen LogP contribution in [0.1, 0.15) is 10.5 Å². The van der Waals surface area contributed by atoms with Crippen LogP contribution in [0.5, 0.6) is 0 Å². The SMILES string of the molecule is COCCNC(=O)c1nc2c(N)nc(-c3ccccc3)nc2nc1NCCOC. The highest BCUT2D eigenvalue weighted by Gasteiger charge is 2.19. The minimum Gasteiger partial charge on any atom is -0.383 e. The van der Waals surface area contributed by atoms with Crippen molar-refractivity contribution >= 4 is 28.7 Å². The molecule has 0 saturated heterocycles. The Labute approximate surface area is 167 Å². The summed E-state index contributed by atoms with van der Waals surface area (Å²) in [7, 11) is 3.15. The van der Waals surface area contributed by atoms with Crippen LogP contribution in [0.4, 0.5) is 11.6 Å². The van der Waals surface area contributed by atoms with Gasteiger partial charge >= 0.3 is 0 Å². The van der Waals surface area contributed by atoms with E-state index in [-0.39, 0.29) is 17.0 Å². The van der Waals surface area contributed by atoms with Crippen LogP contribution in [0.2, 0.25) is 0 Å². The summed E-state index contributed by atoms with van der Waals surface area (Å²) < 4.78 is 10.0. The molecule has 0 atom stereocenters. The fraction of sp³-hybridized carbons (Fsp3) is 0.316. The quantitative estimate of drug-likeness (QED) is 0.453. The van der Waals surface area contributed by atoms with Gasteiger partial charge in [0.25, 0.3) is 5.91 Å². The maximum atomic E-state index is 12.6. The number of nitrogens with two attached hydrogens (primary N) is 1. The molecule has 3 aromatic rings. The molecule has 0 saturated carbocycles. The molecule has 1 aromatic carbocycles. The third-order valence-corrected chi connectivity index (χ3v) is 4.00. The number of anilines is 2. The fourth-order valence-corrected chi connectivity index (χ4v) is 2.59. The van der Waals surface area contributed by atoms with Gasteiger partial charge in [-0.2, -0.15) is 0 Å². The third-order valence-electron chi connectivity index (χ3n) is 4.00. The lowest BCUT2D eigenvalue weighted by atomic mass is 10.2. The van der Waals surface area contributed by atoms with E-state index < -0.39 is 5.91 Å². The Bertz CT molecular complexity index is 982. The summed E-state index contributed by atoms with van der Waals surface area (Å²) in [6.45, 7) is 1.60. The molecular weight excluding hydrogens is 374 g/mol. The van der Waals surface area contributed by atoms with Crippen LogP contribution >= 0.6 is 0 Å².